The number of benzene rings is 2. The van der Waals surface area contributed by atoms with Gasteiger partial charge in [0, 0.05) is 50.3 Å². The number of nitrogens with zero attached hydrogens (tertiary/aromatic N) is 6. The monoisotopic (exact) mass is 420 g/mol. The van der Waals surface area contributed by atoms with Crippen molar-refractivity contribution in [3.8, 4) is 23.1 Å². The molecule has 1 spiro atoms. The number of piperidine rings is 1. The van der Waals surface area contributed by atoms with Crippen molar-refractivity contribution in [2.45, 2.75) is 24.9 Å². The minimum Gasteiger partial charge on any atom is -0.486 e. The topological polar surface area (TPSA) is 78.8 Å². The molecule has 2 aromatic carbocycles. The molecular formula is C25H20N6O. The molecular weight excluding hydrogens is 400 g/mol. The number of ether oxygens (including phenoxy) is 1. The third kappa shape index (κ3) is 3.66. The molecule has 0 radical (unpaired) electrons. The summed E-state index contributed by atoms with van der Waals surface area (Å²) in [6, 6.07) is 15.3. The number of aromatic nitrogens is 2. The molecule has 2 aliphatic rings. The van der Waals surface area contributed by atoms with E-state index in [0.717, 1.165) is 60.0 Å². The van der Waals surface area contributed by atoms with Crippen LogP contribution in [0.2, 0.25) is 0 Å². The van der Waals surface area contributed by atoms with Crippen LogP contribution in [-0.2, 0) is 0 Å². The van der Waals surface area contributed by atoms with E-state index >= 15 is 0 Å². The second kappa shape index (κ2) is 8.13. The van der Waals surface area contributed by atoms with Gasteiger partial charge in [0.2, 0.25) is 12.1 Å². The third-order valence-corrected chi connectivity index (χ3v) is 6.11. The van der Waals surface area contributed by atoms with Crippen LogP contribution in [0.4, 0.5) is 11.6 Å². The van der Waals surface area contributed by atoms with E-state index in [1.807, 2.05) is 48.7 Å². The fraction of sp³-hybridized carbons (Fsp3) is 0.240. The highest BCUT2D eigenvalue weighted by atomic mass is 16.5. The van der Waals surface area contributed by atoms with Crippen molar-refractivity contribution >= 4 is 17.3 Å². The second-order valence-corrected chi connectivity index (χ2v) is 8.03. The molecule has 32 heavy (non-hydrogen) atoms. The first-order valence-electron chi connectivity index (χ1n) is 10.5. The molecule has 7 nitrogen and oxygen atoms in total. The molecule has 3 aromatic rings. The van der Waals surface area contributed by atoms with E-state index in [-0.39, 0.29) is 5.60 Å². The number of fused-ring (bicyclic) bond motifs is 1. The van der Waals surface area contributed by atoms with Crippen molar-refractivity contribution < 1.29 is 4.74 Å². The Morgan fingerprint density at radius 2 is 1.84 bits per heavy atom. The van der Waals surface area contributed by atoms with Gasteiger partial charge < -0.3 is 9.64 Å². The fourth-order valence-corrected chi connectivity index (χ4v) is 4.46. The van der Waals surface area contributed by atoms with E-state index in [9.17, 15) is 5.26 Å². The zero-order chi connectivity index (χ0) is 22.0. The van der Waals surface area contributed by atoms with Gasteiger partial charge in [-0.1, -0.05) is 24.3 Å². The Kier molecular flexibility index (Phi) is 5.01. The summed E-state index contributed by atoms with van der Waals surface area (Å²) in [7, 11) is 0. The first-order chi connectivity index (χ1) is 15.7. The van der Waals surface area contributed by atoms with Gasteiger partial charge in [0.05, 0.1) is 12.3 Å². The zero-order valence-electron chi connectivity index (χ0n) is 17.4. The summed E-state index contributed by atoms with van der Waals surface area (Å²) in [4.78, 5) is 18.6. The molecule has 0 amide bonds. The normalized spacial score (nSPS) is 17.8. The van der Waals surface area contributed by atoms with Gasteiger partial charge in [-0.2, -0.15) is 10.3 Å². The number of anilines is 1. The molecule has 1 saturated heterocycles. The molecule has 0 unspecified atom stereocenters. The Morgan fingerprint density at radius 1 is 1.06 bits per heavy atom. The molecule has 0 atom stereocenters. The van der Waals surface area contributed by atoms with Crippen molar-refractivity contribution in [1.82, 2.24) is 9.97 Å². The van der Waals surface area contributed by atoms with Crippen LogP contribution >= 0.6 is 0 Å². The number of rotatable bonds is 2. The highest BCUT2D eigenvalue weighted by molar-refractivity contribution is 6.06. The van der Waals surface area contributed by atoms with Gasteiger partial charge in [-0.05, 0) is 35.4 Å². The van der Waals surface area contributed by atoms with Crippen LogP contribution in [0, 0.1) is 18.0 Å². The molecule has 1 fully saturated rings. The van der Waals surface area contributed by atoms with Crippen molar-refractivity contribution in [2.75, 3.05) is 18.0 Å². The largest absolute Gasteiger partial charge is 0.486 e. The standard InChI is InChI=1S/C25H20N6O/c1-27-20-5-2-4-18(14-20)19-6-7-23-21(15-19)22(30-17-26)16-25(32-23)8-12-31(13-9-25)24-28-10-3-11-29-24/h2-7,10-11,14-15H,8-9,12-13,16H2. The number of aliphatic imine (C=N–C) groups is 1. The lowest BCUT2D eigenvalue weighted by Crippen LogP contribution is -2.51. The van der Waals surface area contributed by atoms with E-state index in [4.69, 9.17) is 11.3 Å². The summed E-state index contributed by atoms with van der Waals surface area (Å²) in [6.07, 6.45) is 7.66. The van der Waals surface area contributed by atoms with Gasteiger partial charge in [0.15, 0.2) is 5.69 Å². The van der Waals surface area contributed by atoms with E-state index in [0.29, 0.717) is 12.1 Å². The van der Waals surface area contributed by atoms with Crippen molar-refractivity contribution in [1.29, 1.82) is 5.26 Å². The lowest BCUT2D eigenvalue weighted by Gasteiger charge is -2.44. The zero-order valence-corrected chi connectivity index (χ0v) is 17.4. The summed E-state index contributed by atoms with van der Waals surface area (Å²) in [5, 5.41) is 9.34. The lowest BCUT2D eigenvalue weighted by atomic mass is 9.81. The van der Waals surface area contributed by atoms with E-state index < -0.39 is 0 Å². The van der Waals surface area contributed by atoms with Gasteiger partial charge >= 0.3 is 0 Å². The smallest absolute Gasteiger partial charge is 0.225 e. The molecule has 1 aromatic heterocycles. The third-order valence-electron chi connectivity index (χ3n) is 6.11. The average molecular weight is 420 g/mol. The average Bonchev–Trinajstić information content (AvgIpc) is 2.85. The molecule has 3 heterocycles. The van der Waals surface area contributed by atoms with Crippen molar-refractivity contribution in [3.63, 3.8) is 0 Å². The van der Waals surface area contributed by atoms with Gasteiger partial charge in [-0.15, -0.1) is 0 Å². The minimum absolute atomic E-state index is 0.389. The van der Waals surface area contributed by atoms with Crippen LogP contribution in [0.1, 0.15) is 24.8 Å². The Labute approximate surface area is 186 Å². The Hall–Kier alpha value is -4.23. The van der Waals surface area contributed by atoms with E-state index in [2.05, 4.69) is 24.7 Å². The summed E-state index contributed by atoms with van der Waals surface area (Å²) in [6.45, 7) is 8.82. The van der Waals surface area contributed by atoms with Gasteiger partial charge in [0.25, 0.3) is 0 Å². The quantitative estimate of drug-likeness (QED) is 0.440. The molecule has 0 aliphatic carbocycles. The molecule has 7 heteroatoms. The predicted octanol–water partition coefficient (Wildman–Crippen LogP) is 4.79. The van der Waals surface area contributed by atoms with Crippen LogP contribution in [0.25, 0.3) is 16.0 Å². The van der Waals surface area contributed by atoms with Crippen LogP contribution < -0.4 is 9.64 Å². The Balaban J connectivity index is 1.44. The molecule has 156 valence electrons. The molecule has 2 aliphatic heterocycles. The van der Waals surface area contributed by atoms with Crippen LogP contribution in [-0.4, -0.2) is 34.4 Å². The highest BCUT2D eigenvalue weighted by Crippen LogP contribution is 2.41. The first-order valence-corrected chi connectivity index (χ1v) is 10.5. The summed E-state index contributed by atoms with van der Waals surface area (Å²) in [5.74, 6) is 1.48. The maximum absolute atomic E-state index is 9.34. The van der Waals surface area contributed by atoms with E-state index in [1.54, 1.807) is 18.5 Å². The molecule has 0 saturated carbocycles. The Bertz CT molecular complexity index is 1260. The second-order valence-electron chi connectivity index (χ2n) is 8.03. The van der Waals surface area contributed by atoms with Gasteiger partial charge in [-0.25, -0.2) is 14.8 Å². The molecule has 5 rings (SSSR count). The maximum atomic E-state index is 9.34. The summed E-state index contributed by atoms with van der Waals surface area (Å²) in [5.41, 5.74) is 3.72. The van der Waals surface area contributed by atoms with Crippen molar-refractivity contribution in [2.24, 2.45) is 4.99 Å². The Morgan fingerprint density at radius 3 is 2.59 bits per heavy atom. The van der Waals surface area contributed by atoms with Crippen molar-refractivity contribution in [3.05, 3.63) is 77.9 Å². The van der Waals surface area contributed by atoms with Gasteiger partial charge in [-0.3, -0.25) is 0 Å². The fourth-order valence-electron chi connectivity index (χ4n) is 4.46. The number of nitriles is 1. The molecule has 0 N–H and O–H groups in total. The van der Waals surface area contributed by atoms with Crippen LogP contribution in [0.15, 0.2) is 65.9 Å². The predicted molar refractivity (Wildman–Crippen MR) is 122 cm³/mol. The lowest BCUT2D eigenvalue weighted by molar-refractivity contribution is 0.0447. The van der Waals surface area contributed by atoms with E-state index in [1.165, 1.54) is 0 Å². The minimum atomic E-state index is -0.389. The van der Waals surface area contributed by atoms with Crippen LogP contribution in [0.5, 0.6) is 5.75 Å². The molecule has 0 bridgehead atoms. The SMILES string of the molecule is [C-]#[N+]c1cccc(-c2ccc3c(c2)C(=NC#N)CC2(CCN(c4ncccn4)CC2)O3)c1. The van der Waals surface area contributed by atoms with Gasteiger partial charge in [0.1, 0.15) is 11.4 Å². The van der Waals surface area contributed by atoms with Crippen LogP contribution in [0.3, 0.4) is 0 Å². The highest BCUT2D eigenvalue weighted by Gasteiger charge is 2.42. The number of hydrogen-bond acceptors (Lipinski definition) is 6. The maximum Gasteiger partial charge on any atom is 0.225 e. The first kappa shape index (κ1) is 19.7. The number of hydrogen-bond donors (Lipinski definition) is 0. The summed E-state index contributed by atoms with van der Waals surface area (Å²) >= 11 is 0. The summed E-state index contributed by atoms with van der Waals surface area (Å²) < 4.78 is 6.55.